The van der Waals surface area contributed by atoms with Gasteiger partial charge in [0.2, 0.25) is 0 Å². The predicted molar refractivity (Wildman–Crippen MR) is 140 cm³/mol. The molecule has 33 heavy (non-hydrogen) atoms. The van der Waals surface area contributed by atoms with Gasteiger partial charge in [0.25, 0.3) is 11.1 Å². The third kappa shape index (κ3) is 4.00. The van der Waals surface area contributed by atoms with Crippen molar-refractivity contribution in [3.05, 3.63) is 124 Å². The molecule has 0 radical (unpaired) electrons. The monoisotopic (exact) mass is 449 g/mol. The van der Waals surface area contributed by atoms with Crippen LogP contribution in [0.15, 0.2) is 113 Å². The minimum Gasteiger partial charge on any atom is -0.332 e. The van der Waals surface area contributed by atoms with Crippen molar-refractivity contribution in [2.24, 2.45) is 0 Å². The maximum atomic E-state index is 13.4. The Bertz CT molecular complexity index is 1540. The van der Waals surface area contributed by atoms with Gasteiger partial charge in [0.05, 0.1) is 5.69 Å². The Morgan fingerprint density at radius 2 is 0.970 bits per heavy atom. The highest BCUT2D eigenvalue weighted by Gasteiger charge is 2.12. The number of fused-ring (bicyclic) bond motifs is 3. The average molecular weight is 450 g/mol. The number of para-hydroxylation sites is 1. The highest BCUT2D eigenvalue weighted by Crippen LogP contribution is 2.20. The smallest absolute Gasteiger partial charge is 0.265 e. The first-order valence-corrected chi connectivity index (χ1v) is 10.8. The van der Waals surface area contributed by atoms with Gasteiger partial charge in [-0.1, -0.05) is 54.6 Å². The minimum absolute atomic E-state index is 0.353. The molecule has 0 aliphatic heterocycles. The van der Waals surface area contributed by atoms with E-state index < -0.39 is 0 Å². The Morgan fingerprint density at radius 1 is 0.545 bits per heavy atom. The fourth-order valence-corrected chi connectivity index (χ4v) is 4.12. The summed E-state index contributed by atoms with van der Waals surface area (Å²) in [5.41, 5.74) is 1.40. The van der Waals surface area contributed by atoms with E-state index in [4.69, 9.17) is 12.2 Å². The fraction of sp³-hybridized carbons (Fsp3) is 0. The SMILES string of the molecule is O=c1c2ccccc2c2ccccc2c(=O)n1-c1ccc(NC(=S)Nc2ccccc2)cc1. The molecule has 0 bridgehead atoms. The second kappa shape index (κ2) is 8.68. The molecule has 5 rings (SSSR count). The molecular weight excluding hydrogens is 430 g/mol. The summed E-state index contributed by atoms with van der Waals surface area (Å²) in [6.07, 6.45) is 0. The number of thiocarbonyl (C=S) groups is 1. The Kier molecular flexibility index (Phi) is 5.42. The molecule has 0 saturated heterocycles. The van der Waals surface area contributed by atoms with Gasteiger partial charge in [0.1, 0.15) is 0 Å². The Morgan fingerprint density at radius 3 is 1.48 bits per heavy atom. The quantitative estimate of drug-likeness (QED) is 0.366. The molecular formula is C27H19N3O2S. The number of nitrogens with zero attached hydrogens (tertiary/aromatic N) is 1. The van der Waals surface area contributed by atoms with E-state index in [1.54, 1.807) is 48.5 Å². The van der Waals surface area contributed by atoms with Gasteiger partial charge in [-0.2, -0.15) is 0 Å². The van der Waals surface area contributed by atoms with Crippen LogP contribution in [0.3, 0.4) is 0 Å². The molecule has 160 valence electrons. The van der Waals surface area contributed by atoms with E-state index in [-0.39, 0.29) is 11.1 Å². The topological polar surface area (TPSA) is 63.1 Å². The molecule has 5 aromatic rings. The molecule has 0 aliphatic carbocycles. The number of nitrogens with one attached hydrogen (secondary N) is 2. The fourth-order valence-electron chi connectivity index (χ4n) is 3.89. The molecule has 2 N–H and O–H groups in total. The third-order valence-electron chi connectivity index (χ3n) is 5.43. The summed E-state index contributed by atoms with van der Waals surface area (Å²) < 4.78 is 1.23. The van der Waals surface area contributed by atoms with Gasteiger partial charge in [-0.05, 0) is 71.5 Å². The number of anilines is 2. The molecule has 0 spiro atoms. The van der Waals surface area contributed by atoms with E-state index in [0.29, 0.717) is 21.6 Å². The lowest BCUT2D eigenvalue weighted by Gasteiger charge is -2.11. The molecule has 0 fully saturated rings. The maximum absolute atomic E-state index is 13.4. The summed E-state index contributed by atoms with van der Waals surface area (Å²) >= 11 is 5.38. The van der Waals surface area contributed by atoms with Gasteiger partial charge >= 0.3 is 0 Å². The zero-order valence-electron chi connectivity index (χ0n) is 17.5. The van der Waals surface area contributed by atoms with E-state index in [1.165, 1.54) is 4.57 Å². The van der Waals surface area contributed by atoms with Crippen molar-refractivity contribution in [1.29, 1.82) is 0 Å². The standard InChI is InChI=1S/C27H19N3O2S/c31-25-23-12-6-4-10-21(23)22-11-5-7-13-24(22)26(32)30(25)20-16-14-19(15-17-20)29-27(33)28-18-8-2-1-3-9-18/h1-17H,(H2,28,29,33). The molecule has 0 saturated carbocycles. The molecule has 5 nitrogen and oxygen atoms in total. The largest absolute Gasteiger partial charge is 0.332 e. The lowest BCUT2D eigenvalue weighted by molar-refractivity contribution is 0.976. The van der Waals surface area contributed by atoms with Crippen LogP contribution in [-0.4, -0.2) is 9.68 Å². The van der Waals surface area contributed by atoms with Crippen molar-refractivity contribution < 1.29 is 0 Å². The predicted octanol–water partition coefficient (Wildman–Crippen LogP) is 5.31. The van der Waals surface area contributed by atoms with E-state index in [2.05, 4.69) is 10.6 Å². The lowest BCUT2D eigenvalue weighted by Crippen LogP contribution is -2.28. The normalized spacial score (nSPS) is 10.8. The highest BCUT2D eigenvalue weighted by atomic mass is 32.1. The Balaban J connectivity index is 1.56. The van der Waals surface area contributed by atoms with Gasteiger partial charge in [0, 0.05) is 22.1 Å². The molecule has 0 atom stereocenters. The number of benzene rings is 4. The van der Waals surface area contributed by atoms with Crippen molar-refractivity contribution in [1.82, 2.24) is 4.57 Å². The van der Waals surface area contributed by atoms with Crippen LogP contribution in [0.4, 0.5) is 11.4 Å². The van der Waals surface area contributed by atoms with E-state index in [9.17, 15) is 9.59 Å². The number of rotatable bonds is 3. The summed E-state index contributed by atoms with van der Waals surface area (Å²) in [5.74, 6) is 0. The van der Waals surface area contributed by atoms with E-state index in [1.807, 2.05) is 54.6 Å². The second-order valence-corrected chi connectivity index (χ2v) is 7.94. The Labute approximate surface area is 194 Å². The number of aromatic nitrogens is 1. The highest BCUT2D eigenvalue weighted by molar-refractivity contribution is 7.80. The zero-order chi connectivity index (χ0) is 22.8. The molecule has 0 amide bonds. The summed E-state index contributed by atoms with van der Waals surface area (Å²) in [5, 5.41) is 9.17. The van der Waals surface area contributed by atoms with E-state index in [0.717, 1.165) is 22.1 Å². The van der Waals surface area contributed by atoms with Crippen LogP contribution < -0.4 is 21.8 Å². The molecule has 0 unspecified atom stereocenters. The molecule has 6 heteroatoms. The third-order valence-corrected chi connectivity index (χ3v) is 5.63. The lowest BCUT2D eigenvalue weighted by atomic mass is 10.1. The molecule has 4 aromatic carbocycles. The summed E-state index contributed by atoms with van der Waals surface area (Å²) in [6.45, 7) is 0. The molecule has 1 aromatic heterocycles. The van der Waals surface area contributed by atoms with Gasteiger partial charge in [-0.25, -0.2) is 4.57 Å². The van der Waals surface area contributed by atoms with Crippen molar-refractivity contribution in [2.75, 3.05) is 10.6 Å². The van der Waals surface area contributed by atoms with Crippen LogP contribution in [-0.2, 0) is 0 Å². The van der Waals surface area contributed by atoms with E-state index >= 15 is 0 Å². The van der Waals surface area contributed by atoms with Crippen LogP contribution in [0.25, 0.3) is 27.2 Å². The van der Waals surface area contributed by atoms with Crippen LogP contribution in [0.5, 0.6) is 0 Å². The van der Waals surface area contributed by atoms with Crippen molar-refractivity contribution in [3.63, 3.8) is 0 Å². The Hall–Kier alpha value is -4.29. The zero-order valence-corrected chi connectivity index (χ0v) is 18.3. The number of hydrogen-bond donors (Lipinski definition) is 2. The second-order valence-electron chi connectivity index (χ2n) is 7.53. The van der Waals surface area contributed by atoms with Gasteiger partial charge in [0.15, 0.2) is 5.11 Å². The first kappa shape index (κ1) is 20.6. The first-order chi connectivity index (χ1) is 16.1. The van der Waals surface area contributed by atoms with Crippen LogP contribution >= 0.6 is 12.2 Å². The molecule has 1 heterocycles. The first-order valence-electron chi connectivity index (χ1n) is 10.4. The minimum atomic E-state index is -0.353. The summed E-state index contributed by atoms with van der Waals surface area (Å²) in [6, 6.07) is 31.3. The van der Waals surface area contributed by atoms with Crippen molar-refractivity contribution >= 4 is 50.2 Å². The van der Waals surface area contributed by atoms with Crippen LogP contribution in [0.1, 0.15) is 0 Å². The average Bonchev–Trinajstić information content (AvgIpc) is 2.94. The summed E-state index contributed by atoms with van der Waals surface area (Å²) in [7, 11) is 0. The van der Waals surface area contributed by atoms with Gasteiger partial charge in [-0.15, -0.1) is 0 Å². The number of hydrogen-bond acceptors (Lipinski definition) is 3. The van der Waals surface area contributed by atoms with Crippen molar-refractivity contribution in [2.45, 2.75) is 0 Å². The molecule has 0 aliphatic rings. The van der Waals surface area contributed by atoms with Crippen molar-refractivity contribution in [3.8, 4) is 5.69 Å². The van der Waals surface area contributed by atoms with Crippen LogP contribution in [0.2, 0.25) is 0 Å². The van der Waals surface area contributed by atoms with Gasteiger partial charge < -0.3 is 10.6 Å². The summed E-state index contributed by atoms with van der Waals surface area (Å²) in [4.78, 5) is 26.9. The van der Waals surface area contributed by atoms with Gasteiger partial charge in [-0.3, -0.25) is 9.59 Å². The van der Waals surface area contributed by atoms with Crippen LogP contribution in [0, 0.1) is 0 Å². The maximum Gasteiger partial charge on any atom is 0.265 e.